The molecule has 0 aliphatic heterocycles. The molecule has 7 aromatic carbocycles. The van der Waals surface area contributed by atoms with E-state index < -0.39 is 0 Å². The van der Waals surface area contributed by atoms with E-state index in [4.69, 9.17) is 15.0 Å². The van der Waals surface area contributed by atoms with Crippen LogP contribution in [0.25, 0.3) is 83.9 Å². The molecule has 2 aromatic heterocycles. The number of fused-ring (bicyclic) bond motifs is 3. The normalized spacial score (nSPS) is 11.2. The molecule has 0 bridgehead atoms. The van der Waals surface area contributed by atoms with Crippen LogP contribution in [0.2, 0.25) is 0 Å². The summed E-state index contributed by atoms with van der Waals surface area (Å²) in [5.74, 6) is 1.39. The van der Waals surface area contributed by atoms with Crippen LogP contribution in [0.1, 0.15) is 5.56 Å². The molecule has 0 fully saturated rings. The molecule has 9 rings (SSSR count). The number of nitriles is 1. The number of rotatable bonds is 6. The zero-order chi connectivity index (χ0) is 35.0. The number of benzene rings is 7. The van der Waals surface area contributed by atoms with Crippen molar-refractivity contribution >= 4 is 21.8 Å². The van der Waals surface area contributed by atoms with Crippen molar-refractivity contribution in [3.63, 3.8) is 0 Å². The monoisotopic (exact) mass is 669 g/mol. The van der Waals surface area contributed by atoms with Gasteiger partial charge < -0.3 is 4.57 Å². The summed E-state index contributed by atoms with van der Waals surface area (Å²) in [6.45, 7) is 0. The zero-order valence-corrected chi connectivity index (χ0v) is 27.8. The van der Waals surface area contributed by atoms with Crippen molar-refractivity contribution in [3.8, 4) is 68.2 Å². The van der Waals surface area contributed by atoms with E-state index in [1.165, 1.54) is 12.1 Å². The van der Waals surface area contributed by atoms with Gasteiger partial charge >= 0.3 is 0 Å². The number of hydrogen-bond donors (Lipinski definition) is 0. The van der Waals surface area contributed by atoms with Crippen molar-refractivity contribution in [2.45, 2.75) is 0 Å². The average Bonchev–Trinajstić information content (AvgIpc) is 3.55. The Bertz CT molecular complexity index is 2730. The van der Waals surface area contributed by atoms with Gasteiger partial charge in [0.15, 0.2) is 17.5 Å². The number of hydrogen-bond acceptors (Lipinski definition) is 4. The molecule has 0 unspecified atom stereocenters. The summed E-state index contributed by atoms with van der Waals surface area (Å²) in [6, 6.07) is 57.4. The van der Waals surface area contributed by atoms with Gasteiger partial charge in [-0.1, -0.05) is 121 Å². The molecule has 6 heteroatoms. The molecule has 0 N–H and O–H groups in total. The Labute approximate surface area is 299 Å². The maximum atomic E-state index is 14.1. The van der Waals surface area contributed by atoms with E-state index >= 15 is 0 Å². The second kappa shape index (κ2) is 12.9. The second-order valence-corrected chi connectivity index (χ2v) is 12.6. The molecule has 5 nitrogen and oxygen atoms in total. The third-order valence-corrected chi connectivity index (χ3v) is 9.38. The van der Waals surface area contributed by atoms with Gasteiger partial charge in [0.1, 0.15) is 5.82 Å². The van der Waals surface area contributed by atoms with Gasteiger partial charge in [0.25, 0.3) is 0 Å². The van der Waals surface area contributed by atoms with Crippen LogP contribution in [-0.2, 0) is 0 Å². The van der Waals surface area contributed by atoms with Gasteiger partial charge in [0, 0.05) is 27.5 Å². The van der Waals surface area contributed by atoms with Crippen LogP contribution in [0, 0.1) is 17.1 Å². The number of para-hydroxylation sites is 1. The largest absolute Gasteiger partial charge is 0.308 e. The highest BCUT2D eigenvalue weighted by Crippen LogP contribution is 2.39. The summed E-state index contributed by atoms with van der Waals surface area (Å²) in [4.78, 5) is 15.2. The van der Waals surface area contributed by atoms with Gasteiger partial charge in [-0.2, -0.15) is 5.26 Å². The summed E-state index contributed by atoms with van der Waals surface area (Å²) >= 11 is 0. The Morgan fingerprint density at radius 2 is 0.962 bits per heavy atom. The SMILES string of the molecule is N#Cc1ccc(-c2ccc3c4ccccc4n(-c4cc(-c5ccc(F)cc5)ccc4-c4nc(-c5ccccc5)nc(-c5ccccc5)n4)c3c2)cc1. The van der Waals surface area contributed by atoms with E-state index in [1.54, 1.807) is 12.1 Å². The fraction of sp³-hybridized carbons (Fsp3) is 0. The first-order valence-corrected chi connectivity index (χ1v) is 16.9. The minimum Gasteiger partial charge on any atom is -0.308 e. The lowest BCUT2D eigenvalue weighted by atomic mass is 10.0. The van der Waals surface area contributed by atoms with Gasteiger partial charge in [-0.05, 0) is 70.8 Å². The summed E-state index contributed by atoms with van der Waals surface area (Å²) in [5.41, 5.74) is 9.94. The minimum atomic E-state index is -0.287. The van der Waals surface area contributed by atoms with Crippen LogP contribution in [0.15, 0.2) is 170 Å². The van der Waals surface area contributed by atoms with Crippen LogP contribution >= 0.6 is 0 Å². The van der Waals surface area contributed by atoms with Crippen molar-refractivity contribution in [2.24, 2.45) is 0 Å². The van der Waals surface area contributed by atoms with Gasteiger partial charge in [0.05, 0.1) is 28.4 Å². The highest BCUT2D eigenvalue weighted by atomic mass is 19.1. The van der Waals surface area contributed by atoms with Crippen LogP contribution in [0.3, 0.4) is 0 Å². The summed E-state index contributed by atoms with van der Waals surface area (Å²) in [6.07, 6.45) is 0. The predicted molar refractivity (Wildman–Crippen MR) is 206 cm³/mol. The first kappa shape index (κ1) is 30.8. The molecule has 2 heterocycles. The van der Waals surface area contributed by atoms with Crippen molar-refractivity contribution in [1.82, 2.24) is 19.5 Å². The summed E-state index contributed by atoms with van der Waals surface area (Å²) in [5, 5.41) is 11.6. The molecular weight excluding hydrogens is 642 g/mol. The topological polar surface area (TPSA) is 67.4 Å². The standard InChI is InChI=1S/C46H28FN5/c47-37-23-19-32(20-24-37)36-22-26-40(46-50-44(33-9-3-1-4-10-33)49-45(51-46)34-11-5-2-6-12-34)43(28-36)52-41-14-8-7-13-38(41)39-25-21-35(27-42(39)52)31-17-15-30(29-48)16-18-31/h1-28H. The molecule has 52 heavy (non-hydrogen) atoms. The van der Waals surface area contributed by atoms with E-state index in [1.807, 2.05) is 97.1 Å². The van der Waals surface area contributed by atoms with Crippen LogP contribution < -0.4 is 0 Å². The molecule has 0 aliphatic rings. The predicted octanol–water partition coefficient (Wildman–Crippen LogP) is 11.3. The van der Waals surface area contributed by atoms with Gasteiger partial charge in [-0.25, -0.2) is 19.3 Å². The number of halogens is 1. The Morgan fingerprint density at radius 3 is 1.62 bits per heavy atom. The first-order chi connectivity index (χ1) is 25.6. The van der Waals surface area contributed by atoms with E-state index in [0.29, 0.717) is 23.0 Å². The molecular formula is C46H28FN5. The van der Waals surface area contributed by atoms with Crippen LogP contribution in [0.4, 0.5) is 4.39 Å². The van der Waals surface area contributed by atoms with E-state index in [2.05, 4.69) is 59.2 Å². The molecule has 0 atom stereocenters. The van der Waals surface area contributed by atoms with Crippen LogP contribution in [0.5, 0.6) is 0 Å². The average molecular weight is 670 g/mol. The van der Waals surface area contributed by atoms with Gasteiger partial charge in [-0.3, -0.25) is 0 Å². The molecule has 0 saturated heterocycles. The van der Waals surface area contributed by atoms with Crippen molar-refractivity contribution < 1.29 is 4.39 Å². The molecule has 0 aliphatic carbocycles. The smallest absolute Gasteiger partial charge is 0.166 e. The molecule has 9 aromatic rings. The van der Waals surface area contributed by atoms with Gasteiger partial charge in [-0.15, -0.1) is 0 Å². The van der Waals surface area contributed by atoms with E-state index in [9.17, 15) is 9.65 Å². The maximum Gasteiger partial charge on any atom is 0.166 e. The van der Waals surface area contributed by atoms with Crippen molar-refractivity contribution in [1.29, 1.82) is 5.26 Å². The Balaban J connectivity index is 1.35. The maximum absolute atomic E-state index is 14.1. The third-order valence-electron chi connectivity index (χ3n) is 9.38. The molecule has 0 amide bonds. The fourth-order valence-corrected chi connectivity index (χ4v) is 6.80. The van der Waals surface area contributed by atoms with Crippen LogP contribution in [-0.4, -0.2) is 19.5 Å². The van der Waals surface area contributed by atoms with E-state index in [-0.39, 0.29) is 5.82 Å². The highest BCUT2D eigenvalue weighted by Gasteiger charge is 2.21. The lowest BCUT2D eigenvalue weighted by Gasteiger charge is -2.17. The second-order valence-electron chi connectivity index (χ2n) is 12.6. The van der Waals surface area contributed by atoms with E-state index in [0.717, 1.165) is 66.4 Å². The summed E-state index contributed by atoms with van der Waals surface area (Å²) in [7, 11) is 0. The Kier molecular flexibility index (Phi) is 7.64. The zero-order valence-electron chi connectivity index (χ0n) is 27.8. The fourth-order valence-electron chi connectivity index (χ4n) is 6.80. The third kappa shape index (κ3) is 5.57. The number of aromatic nitrogens is 4. The molecule has 0 spiro atoms. The highest BCUT2D eigenvalue weighted by molar-refractivity contribution is 6.10. The van der Waals surface area contributed by atoms with Crippen molar-refractivity contribution in [2.75, 3.05) is 0 Å². The quantitative estimate of drug-likeness (QED) is 0.177. The first-order valence-electron chi connectivity index (χ1n) is 16.9. The molecule has 244 valence electrons. The molecule has 0 radical (unpaired) electrons. The Morgan fingerprint density at radius 1 is 0.442 bits per heavy atom. The number of nitrogens with zero attached hydrogens (tertiary/aromatic N) is 5. The lowest BCUT2D eigenvalue weighted by Crippen LogP contribution is -2.04. The lowest BCUT2D eigenvalue weighted by molar-refractivity contribution is 0.628. The molecule has 0 saturated carbocycles. The van der Waals surface area contributed by atoms with Gasteiger partial charge in [0.2, 0.25) is 0 Å². The summed E-state index contributed by atoms with van der Waals surface area (Å²) < 4.78 is 16.3. The van der Waals surface area contributed by atoms with Crippen molar-refractivity contribution in [3.05, 3.63) is 181 Å². The Hall–Kier alpha value is -7.23. The minimum absolute atomic E-state index is 0.287.